The lowest BCUT2D eigenvalue weighted by molar-refractivity contribution is -0.130. The number of carbonyl (C=O) groups is 1. The highest BCUT2D eigenvalue weighted by atomic mass is 32.2. The number of oxazole rings is 1. The number of hydrogen-bond donors (Lipinski definition) is 0. The van der Waals surface area contributed by atoms with Crippen LogP contribution in [-0.2, 0) is 11.3 Å². The van der Waals surface area contributed by atoms with E-state index in [1.165, 1.54) is 17.3 Å². The Balaban J connectivity index is 1.25. The van der Waals surface area contributed by atoms with Gasteiger partial charge >= 0.3 is 0 Å². The number of hydrogen-bond acceptors (Lipinski definition) is 5. The van der Waals surface area contributed by atoms with Crippen molar-refractivity contribution in [2.75, 3.05) is 31.9 Å². The lowest BCUT2D eigenvalue weighted by atomic mass is 10.2. The summed E-state index contributed by atoms with van der Waals surface area (Å²) in [6.45, 7) is 4.32. The number of fused-ring (bicyclic) bond motifs is 1. The standard InChI is InChI=1S/C20H21N3O2S/c24-19(15-26-20-21-17-8-4-5-9-18(17)25-20)23-12-10-22(11-13-23)14-16-6-2-1-3-7-16/h1-9H,10-15H2. The third-order valence-corrected chi connectivity index (χ3v) is 5.38. The number of thioether (sulfide) groups is 1. The van der Waals surface area contributed by atoms with Crippen molar-refractivity contribution in [2.24, 2.45) is 0 Å². The van der Waals surface area contributed by atoms with Crippen molar-refractivity contribution >= 4 is 28.8 Å². The maximum Gasteiger partial charge on any atom is 0.257 e. The number of amides is 1. The molecule has 0 unspecified atom stereocenters. The van der Waals surface area contributed by atoms with E-state index in [9.17, 15) is 4.79 Å². The first-order chi connectivity index (χ1) is 12.8. The van der Waals surface area contributed by atoms with Crippen molar-refractivity contribution in [3.8, 4) is 0 Å². The summed E-state index contributed by atoms with van der Waals surface area (Å²) >= 11 is 1.37. The smallest absolute Gasteiger partial charge is 0.257 e. The van der Waals surface area contributed by atoms with Crippen molar-refractivity contribution < 1.29 is 9.21 Å². The van der Waals surface area contributed by atoms with Gasteiger partial charge in [0.2, 0.25) is 5.91 Å². The van der Waals surface area contributed by atoms with Crippen molar-refractivity contribution in [3.05, 3.63) is 60.2 Å². The Kier molecular flexibility index (Phi) is 5.22. The molecule has 0 bridgehead atoms. The van der Waals surface area contributed by atoms with E-state index in [1.807, 2.05) is 35.2 Å². The molecule has 1 aliphatic rings. The summed E-state index contributed by atoms with van der Waals surface area (Å²) in [4.78, 5) is 21.2. The number of para-hydroxylation sites is 2. The van der Waals surface area contributed by atoms with Crippen LogP contribution in [0, 0.1) is 0 Å². The molecule has 1 amide bonds. The van der Waals surface area contributed by atoms with Crippen LogP contribution in [0.2, 0.25) is 0 Å². The molecule has 0 aliphatic carbocycles. The van der Waals surface area contributed by atoms with E-state index in [-0.39, 0.29) is 5.91 Å². The molecule has 0 spiro atoms. The molecule has 1 aromatic heterocycles. The van der Waals surface area contributed by atoms with Crippen LogP contribution in [0.4, 0.5) is 0 Å². The van der Waals surface area contributed by atoms with Crippen LogP contribution in [0.1, 0.15) is 5.56 Å². The van der Waals surface area contributed by atoms with E-state index in [2.05, 4.69) is 34.1 Å². The topological polar surface area (TPSA) is 49.6 Å². The van der Waals surface area contributed by atoms with Crippen molar-refractivity contribution in [1.29, 1.82) is 0 Å². The summed E-state index contributed by atoms with van der Waals surface area (Å²) in [5.41, 5.74) is 2.91. The molecule has 1 aliphatic heterocycles. The van der Waals surface area contributed by atoms with Gasteiger partial charge in [0.15, 0.2) is 5.58 Å². The molecule has 0 radical (unpaired) electrons. The lowest BCUT2D eigenvalue weighted by Crippen LogP contribution is -2.48. The molecule has 134 valence electrons. The number of nitrogens with zero attached hydrogens (tertiary/aromatic N) is 3. The fourth-order valence-electron chi connectivity index (χ4n) is 3.12. The van der Waals surface area contributed by atoms with Gasteiger partial charge in [0.25, 0.3) is 5.22 Å². The average Bonchev–Trinajstić information content (AvgIpc) is 3.10. The molecule has 6 heteroatoms. The monoisotopic (exact) mass is 367 g/mol. The molecular formula is C20H21N3O2S. The molecule has 1 saturated heterocycles. The minimum atomic E-state index is 0.150. The fourth-order valence-corrected chi connectivity index (χ4v) is 3.87. The highest BCUT2D eigenvalue weighted by Gasteiger charge is 2.21. The van der Waals surface area contributed by atoms with Gasteiger partial charge in [-0.15, -0.1) is 0 Å². The van der Waals surface area contributed by atoms with Crippen LogP contribution < -0.4 is 0 Å². The minimum Gasteiger partial charge on any atom is -0.431 e. The zero-order valence-electron chi connectivity index (χ0n) is 14.5. The van der Waals surface area contributed by atoms with E-state index in [1.54, 1.807) is 0 Å². The van der Waals surface area contributed by atoms with Crippen LogP contribution in [-0.4, -0.2) is 52.6 Å². The van der Waals surface area contributed by atoms with E-state index in [0.717, 1.165) is 43.8 Å². The predicted octanol–water partition coefficient (Wildman–Crippen LogP) is 3.26. The van der Waals surface area contributed by atoms with E-state index in [0.29, 0.717) is 11.0 Å². The number of rotatable bonds is 5. The van der Waals surface area contributed by atoms with Crippen LogP contribution in [0.15, 0.2) is 64.2 Å². The first-order valence-corrected chi connectivity index (χ1v) is 9.79. The maximum absolute atomic E-state index is 12.5. The van der Waals surface area contributed by atoms with Gasteiger partial charge in [-0.25, -0.2) is 4.98 Å². The first kappa shape index (κ1) is 17.1. The second-order valence-electron chi connectivity index (χ2n) is 6.38. The van der Waals surface area contributed by atoms with Gasteiger partial charge < -0.3 is 9.32 Å². The second kappa shape index (κ2) is 7.93. The number of carbonyl (C=O) groups excluding carboxylic acids is 1. The normalized spacial score (nSPS) is 15.5. The number of benzene rings is 2. The largest absolute Gasteiger partial charge is 0.431 e. The van der Waals surface area contributed by atoms with Gasteiger partial charge in [0, 0.05) is 32.7 Å². The Bertz CT molecular complexity index is 840. The Labute approximate surface area is 157 Å². The fraction of sp³-hybridized carbons (Fsp3) is 0.300. The highest BCUT2D eigenvalue weighted by Crippen LogP contribution is 2.23. The molecule has 0 saturated carbocycles. The summed E-state index contributed by atoms with van der Waals surface area (Å²) in [6.07, 6.45) is 0. The van der Waals surface area contributed by atoms with Gasteiger partial charge in [-0.2, -0.15) is 0 Å². The molecule has 26 heavy (non-hydrogen) atoms. The van der Waals surface area contributed by atoms with Crippen LogP contribution >= 0.6 is 11.8 Å². The third-order valence-electron chi connectivity index (χ3n) is 4.57. The molecular weight excluding hydrogens is 346 g/mol. The second-order valence-corrected chi connectivity index (χ2v) is 7.31. The molecule has 0 N–H and O–H groups in total. The molecule has 3 aromatic rings. The summed E-state index contributed by atoms with van der Waals surface area (Å²) in [6, 6.07) is 18.1. The van der Waals surface area contributed by atoms with Crippen LogP contribution in [0.25, 0.3) is 11.1 Å². The number of piperazine rings is 1. The molecule has 4 rings (SSSR count). The van der Waals surface area contributed by atoms with Gasteiger partial charge in [0.05, 0.1) is 5.75 Å². The zero-order valence-corrected chi connectivity index (χ0v) is 15.3. The van der Waals surface area contributed by atoms with Gasteiger partial charge in [0.1, 0.15) is 5.52 Å². The van der Waals surface area contributed by atoms with Crippen LogP contribution in [0.5, 0.6) is 0 Å². The SMILES string of the molecule is O=C(CSc1nc2ccccc2o1)N1CCN(Cc2ccccc2)CC1. The summed E-state index contributed by atoms with van der Waals surface area (Å²) in [7, 11) is 0. The van der Waals surface area contributed by atoms with Gasteiger partial charge in [-0.1, -0.05) is 54.2 Å². The maximum atomic E-state index is 12.5. The lowest BCUT2D eigenvalue weighted by Gasteiger charge is -2.34. The van der Waals surface area contributed by atoms with E-state index < -0.39 is 0 Å². The minimum absolute atomic E-state index is 0.150. The molecule has 2 heterocycles. The Hall–Kier alpha value is -2.31. The van der Waals surface area contributed by atoms with Crippen LogP contribution in [0.3, 0.4) is 0 Å². The molecule has 1 fully saturated rings. The first-order valence-electron chi connectivity index (χ1n) is 8.80. The summed E-state index contributed by atoms with van der Waals surface area (Å²) in [5, 5.41) is 0.558. The average molecular weight is 367 g/mol. The van der Waals surface area contributed by atoms with Crippen molar-refractivity contribution in [1.82, 2.24) is 14.8 Å². The van der Waals surface area contributed by atoms with Gasteiger partial charge in [-0.3, -0.25) is 9.69 Å². The zero-order chi connectivity index (χ0) is 17.8. The Morgan fingerprint density at radius 1 is 1.00 bits per heavy atom. The van der Waals surface area contributed by atoms with Crippen molar-refractivity contribution in [2.45, 2.75) is 11.8 Å². The highest BCUT2D eigenvalue weighted by molar-refractivity contribution is 7.99. The van der Waals surface area contributed by atoms with E-state index in [4.69, 9.17) is 4.42 Å². The molecule has 2 aromatic carbocycles. The predicted molar refractivity (Wildman–Crippen MR) is 103 cm³/mol. The van der Waals surface area contributed by atoms with E-state index >= 15 is 0 Å². The summed E-state index contributed by atoms with van der Waals surface area (Å²) < 4.78 is 5.66. The van der Waals surface area contributed by atoms with Gasteiger partial charge in [-0.05, 0) is 17.7 Å². The molecule has 5 nitrogen and oxygen atoms in total. The quantitative estimate of drug-likeness (QED) is 0.648. The number of aromatic nitrogens is 1. The molecule has 0 atom stereocenters. The summed E-state index contributed by atoms with van der Waals surface area (Å²) in [5.74, 6) is 0.516. The third kappa shape index (κ3) is 4.08. The van der Waals surface area contributed by atoms with Crippen molar-refractivity contribution in [3.63, 3.8) is 0 Å². The Morgan fingerprint density at radius 3 is 2.50 bits per heavy atom. The Morgan fingerprint density at radius 2 is 1.73 bits per heavy atom.